The highest BCUT2D eigenvalue weighted by atomic mass is 32.3. The second-order valence-electron chi connectivity index (χ2n) is 4.72. The smallest absolute Gasteiger partial charge is 0.0283 e. The molecule has 0 fully saturated rings. The van der Waals surface area contributed by atoms with Crippen molar-refractivity contribution in [2.45, 2.75) is 6.54 Å². The average Bonchev–Trinajstić information content (AvgIpc) is 2.02. The molecule has 0 atom stereocenters. The fraction of sp³-hybridized carbons (Fsp3) is 0.500. The molecule has 1 nitrogen and oxygen atoms in total. The molecule has 0 amide bonds. The van der Waals surface area contributed by atoms with E-state index in [9.17, 15) is 0 Å². The maximum Gasteiger partial charge on any atom is 0.0283 e. The van der Waals surface area contributed by atoms with Gasteiger partial charge < -0.3 is 0 Å². The molecule has 80 valence electrons. The van der Waals surface area contributed by atoms with E-state index < -0.39 is 10.0 Å². The lowest BCUT2D eigenvalue weighted by molar-refractivity contribution is 0.384. The number of benzene rings is 1. The fourth-order valence-electron chi connectivity index (χ4n) is 1.60. The molecule has 1 aromatic carbocycles. The fourth-order valence-corrected chi connectivity index (χ4v) is 3.02. The van der Waals surface area contributed by atoms with Crippen molar-refractivity contribution < 1.29 is 0 Å². The van der Waals surface area contributed by atoms with E-state index in [2.05, 4.69) is 61.0 Å². The summed E-state index contributed by atoms with van der Waals surface area (Å²) in [5.74, 6) is 1.21. The first kappa shape index (κ1) is 11.6. The van der Waals surface area contributed by atoms with Gasteiger partial charge >= 0.3 is 0 Å². The molecule has 0 saturated carbocycles. The Morgan fingerprint density at radius 1 is 1.07 bits per heavy atom. The third-order valence-corrected chi connectivity index (χ3v) is 3.12. The van der Waals surface area contributed by atoms with E-state index in [0.717, 1.165) is 6.54 Å². The van der Waals surface area contributed by atoms with Crippen LogP contribution in [0.5, 0.6) is 0 Å². The van der Waals surface area contributed by atoms with Crippen molar-refractivity contribution in [3.05, 3.63) is 35.9 Å². The first-order chi connectivity index (χ1) is 6.47. The summed E-state index contributed by atoms with van der Waals surface area (Å²) >= 11 is 0. The molecule has 0 unspecified atom stereocenters. The van der Waals surface area contributed by atoms with Crippen molar-refractivity contribution in [3.8, 4) is 0 Å². The highest BCUT2D eigenvalue weighted by Crippen LogP contribution is 2.34. The SMILES string of the molecule is CN(Cc1ccccc1)CS(C)(C)C. The van der Waals surface area contributed by atoms with Gasteiger partial charge in [-0.2, -0.15) is 0 Å². The quantitative estimate of drug-likeness (QED) is 0.740. The van der Waals surface area contributed by atoms with Crippen molar-refractivity contribution in [2.24, 2.45) is 0 Å². The molecule has 14 heavy (non-hydrogen) atoms. The Balaban J connectivity index is 2.46. The van der Waals surface area contributed by atoms with Gasteiger partial charge in [-0.15, -0.1) is 0 Å². The minimum Gasteiger partial charge on any atom is -0.294 e. The topological polar surface area (TPSA) is 3.24 Å². The van der Waals surface area contributed by atoms with Gasteiger partial charge in [-0.05, 0) is 31.4 Å². The van der Waals surface area contributed by atoms with Gasteiger partial charge in [0.1, 0.15) is 0 Å². The Morgan fingerprint density at radius 3 is 2.14 bits per heavy atom. The predicted molar refractivity (Wildman–Crippen MR) is 68.1 cm³/mol. The normalized spacial score (nSPS) is 13.2. The molecule has 0 bridgehead atoms. The summed E-state index contributed by atoms with van der Waals surface area (Å²) in [6.07, 6.45) is 7.07. The van der Waals surface area contributed by atoms with E-state index in [1.807, 2.05) is 0 Å². The van der Waals surface area contributed by atoms with Gasteiger partial charge in [0.05, 0.1) is 0 Å². The van der Waals surface area contributed by atoms with Crippen LogP contribution in [-0.2, 0) is 6.54 Å². The first-order valence-electron chi connectivity index (χ1n) is 4.86. The first-order valence-corrected chi connectivity index (χ1v) is 7.88. The molecule has 2 heteroatoms. The summed E-state index contributed by atoms with van der Waals surface area (Å²) < 4.78 is 0. The monoisotopic (exact) mass is 211 g/mol. The van der Waals surface area contributed by atoms with Gasteiger partial charge in [0.15, 0.2) is 0 Å². The Morgan fingerprint density at radius 2 is 1.64 bits per heavy atom. The van der Waals surface area contributed by atoms with Crippen LogP contribution in [0.2, 0.25) is 0 Å². The summed E-state index contributed by atoms with van der Waals surface area (Å²) in [6, 6.07) is 10.7. The number of hydrogen-bond donors (Lipinski definition) is 0. The summed E-state index contributed by atoms with van der Waals surface area (Å²) in [7, 11) is 1.78. The molecule has 1 aromatic rings. The summed E-state index contributed by atoms with van der Waals surface area (Å²) in [6.45, 7) is 1.06. The third-order valence-electron chi connectivity index (χ3n) is 1.90. The van der Waals surface area contributed by atoms with Crippen LogP contribution in [0.4, 0.5) is 0 Å². The van der Waals surface area contributed by atoms with Crippen LogP contribution in [0, 0.1) is 0 Å². The molecule has 0 aliphatic heterocycles. The van der Waals surface area contributed by atoms with Crippen LogP contribution in [-0.4, -0.2) is 36.6 Å². The van der Waals surface area contributed by atoms with E-state index >= 15 is 0 Å². The lowest BCUT2D eigenvalue weighted by Crippen LogP contribution is -2.22. The van der Waals surface area contributed by atoms with E-state index in [1.165, 1.54) is 11.4 Å². The molecule has 0 aliphatic rings. The van der Waals surface area contributed by atoms with Gasteiger partial charge in [-0.3, -0.25) is 4.90 Å². The average molecular weight is 211 g/mol. The van der Waals surface area contributed by atoms with Crippen LogP contribution in [0.1, 0.15) is 5.56 Å². The van der Waals surface area contributed by atoms with Gasteiger partial charge in [0, 0.05) is 12.4 Å². The van der Waals surface area contributed by atoms with E-state index in [1.54, 1.807) is 0 Å². The lowest BCUT2D eigenvalue weighted by atomic mass is 10.2. The molecular weight excluding hydrogens is 190 g/mol. The van der Waals surface area contributed by atoms with Crippen molar-refractivity contribution >= 4 is 10.0 Å². The zero-order valence-electron chi connectivity index (χ0n) is 9.66. The van der Waals surface area contributed by atoms with Crippen molar-refractivity contribution in [3.63, 3.8) is 0 Å². The molecule has 1 rings (SSSR count). The zero-order valence-corrected chi connectivity index (χ0v) is 10.5. The van der Waals surface area contributed by atoms with E-state index in [-0.39, 0.29) is 0 Å². The lowest BCUT2D eigenvalue weighted by Gasteiger charge is -2.31. The third kappa shape index (κ3) is 4.68. The molecule has 0 saturated heterocycles. The van der Waals surface area contributed by atoms with Crippen LogP contribution in [0.15, 0.2) is 30.3 Å². The van der Waals surface area contributed by atoms with Crippen molar-refractivity contribution in [2.75, 3.05) is 31.7 Å². The molecule has 0 heterocycles. The Bertz CT molecular complexity index is 263. The largest absolute Gasteiger partial charge is 0.294 e. The predicted octanol–water partition coefficient (Wildman–Crippen LogP) is 2.77. The van der Waals surface area contributed by atoms with Crippen LogP contribution in [0.25, 0.3) is 0 Å². The van der Waals surface area contributed by atoms with Crippen molar-refractivity contribution in [1.29, 1.82) is 0 Å². The number of hydrogen-bond acceptors (Lipinski definition) is 1. The minimum absolute atomic E-state index is 0.418. The molecular formula is C12H21NS. The number of nitrogens with zero attached hydrogens (tertiary/aromatic N) is 1. The molecule has 0 aromatic heterocycles. The van der Waals surface area contributed by atoms with Gasteiger partial charge in [0.2, 0.25) is 0 Å². The molecule has 0 aliphatic carbocycles. The molecule has 0 N–H and O–H groups in total. The zero-order chi connectivity index (χ0) is 10.6. The van der Waals surface area contributed by atoms with E-state index in [4.69, 9.17) is 0 Å². The highest BCUT2D eigenvalue weighted by molar-refractivity contribution is 8.32. The van der Waals surface area contributed by atoms with Gasteiger partial charge in [-0.1, -0.05) is 30.3 Å². The molecule has 0 radical (unpaired) electrons. The van der Waals surface area contributed by atoms with Crippen molar-refractivity contribution in [1.82, 2.24) is 4.90 Å². The standard InChI is InChI=1S/C12H21NS/c1-13(11-14(2,3)4)10-12-8-6-5-7-9-12/h5-9H,10-11H2,1-4H3. The van der Waals surface area contributed by atoms with Crippen LogP contribution in [0.3, 0.4) is 0 Å². The second-order valence-corrected chi connectivity index (χ2v) is 9.16. The maximum absolute atomic E-state index is 2.41. The maximum atomic E-state index is 2.41. The minimum atomic E-state index is -0.418. The van der Waals surface area contributed by atoms with Crippen LogP contribution >= 0.6 is 10.0 Å². The Kier molecular flexibility index (Phi) is 4.02. The van der Waals surface area contributed by atoms with Crippen LogP contribution < -0.4 is 0 Å². The van der Waals surface area contributed by atoms with Gasteiger partial charge in [-0.25, -0.2) is 10.0 Å². The summed E-state index contributed by atoms with van der Waals surface area (Å²) in [4.78, 5) is 2.41. The Hall–Kier alpha value is -0.470. The van der Waals surface area contributed by atoms with E-state index in [0.29, 0.717) is 0 Å². The molecule has 0 spiro atoms. The van der Waals surface area contributed by atoms with Gasteiger partial charge in [0.25, 0.3) is 0 Å². The summed E-state index contributed by atoms with van der Waals surface area (Å²) in [5, 5.41) is 0. The Labute approximate surface area is 89.4 Å². The second kappa shape index (κ2) is 4.85. The summed E-state index contributed by atoms with van der Waals surface area (Å²) in [5.41, 5.74) is 1.40. The highest BCUT2D eigenvalue weighted by Gasteiger charge is 2.08. The number of rotatable bonds is 4.